The van der Waals surface area contributed by atoms with Crippen LogP contribution in [0.2, 0.25) is 5.02 Å². The van der Waals surface area contributed by atoms with E-state index in [2.05, 4.69) is 31.3 Å². The maximum atomic E-state index is 14.5. The lowest BCUT2D eigenvalue weighted by Gasteiger charge is -2.32. The van der Waals surface area contributed by atoms with Gasteiger partial charge in [0.2, 0.25) is 5.95 Å². The first-order chi connectivity index (χ1) is 13.1. The van der Waals surface area contributed by atoms with Crippen LogP contribution in [0.3, 0.4) is 0 Å². The number of nitrogens with one attached hydrogen (secondary N) is 1. The summed E-state index contributed by atoms with van der Waals surface area (Å²) >= 11 is 9.78. The van der Waals surface area contributed by atoms with Crippen LogP contribution in [0.1, 0.15) is 36.6 Å². The molecule has 0 aliphatic carbocycles. The van der Waals surface area contributed by atoms with Crippen molar-refractivity contribution in [3.05, 3.63) is 69.2 Å². The van der Waals surface area contributed by atoms with Crippen molar-refractivity contribution in [3.8, 4) is 5.75 Å². The van der Waals surface area contributed by atoms with Crippen LogP contribution in [0.5, 0.6) is 5.75 Å². The number of anilines is 1. The quantitative estimate of drug-likeness (QED) is 0.579. The van der Waals surface area contributed by atoms with Crippen LogP contribution in [0, 0.1) is 5.82 Å². The first-order valence-corrected chi connectivity index (χ1v) is 9.77. The van der Waals surface area contributed by atoms with Gasteiger partial charge in [0.1, 0.15) is 17.9 Å². The van der Waals surface area contributed by atoms with Crippen LogP contribution in [-0.2, 0) is 0 Å². The van der Waals surface area contributed by atoms with Gasteiger partial charge in [-0.3, -0.25) is 0 Å². The van der Waals surface area contributed by atoms with Crippen LogP contribution in [0.4, 0.5) is 10.3 Å². The highest BCUT2D eigenvalue weighted by molar-refractivity contribution is 9.10. The molecule has 0 unspecified atom stereocenters. The predicted octanol–water partition coefficient (Wildman–Crippen LogP) is 5.38. The molecule has 0 amide bonds. The number of halogens is 3. The summed E-state index contributed by atoms with van der Waals surface area (Å²) in [6, 6.07) is 10.3. The average molecular weight is 452 g/mol. The molecule has 1 aliphatic rings. The highest BCUT2D eigenvalue weighted by atomic mass is 79.9. The molecular formula is C19H17BrClFN4O. The van der Waals surface area contributed by atoms with Gasteiger partial charge in [0.05, 0.1) is 23.7 Å². The first-order valence-electron chi connectivity index (χ1n) is 8.60. The Kier molecular flexibility index (Phi) is 5.06. The Morgan fingerprint density at radius 1 is 1.33 bits per heavy atom. The summed E-state index contributed by atoms with van der Waals surface area (Å²) in [4.78, 5) is 4.28. The van der Waals surface area contributed by atoms with Gasteiger partial charge < -0.3 is 10.1 Å². The molecule has 0 fully saturated rings. The van der Waals surface area contributed by atoms with E-state index in [1.807, 2.05) is 25.1 Å². The molecule has 2 heterocycles. The van der Waals surface area contributed by atoms with E-state index in [4.69, 9.17) is 16.3 Å². The van der Waals surface area contributed by atoms with E-state index in [0.717, 1.165) is 10.0 Å². The largest absolute Gasteiger partial charge is 0.492 e. The van der Waals surface area contributed by atoms with Gasteiger partial charge in [-0.15, -0.1) is 0 Å². The summed E-state index contributed by atoms with van der Waals surface area (Å²) < 4.78 is 22.6. The Balaban J connectivity index is 1.71. The smallest absolute Gasteiger partial charge is 0.222 e. The molecule has 0 saturated carbocycles. The molecule has 27 heavy (non-hydrogen) atoms. The lowest BCUT2D eigenvalue weighted by atomic mass is 9.93. The Hall–Kier alpha value is -2.12. The van der Waals surface area contributed by atoms with Crippen LogP contribution >= 0.6 is 27.5 Å². The van der Waals surface area contributed by atoms with E-state index >= 15 is 0 Å². The zero-order valence-electron chi connectivity index (χ0n) is 14.5. The number of fused-ring (bicyclic) bond motifs is 1. The molecule has 140 valence electrons. The second-order valence-corrected chi connectivity index (χ2v) is 7.59. The summed E-state index contributed by atoms with van der Waals surface area (Å²) in [5, 5.41) is 8.20. The van der Waals surface area contributed by atoms with Crippen molar-refractivity contribution < 1.29 is 9.13 Å². The maximum absolute atomic E-state index is 14.5. The molecule has 4 rings (SSSR count). The third-order valence-electron chi connectivity index (χ3n) is 4.61. The van der Waals surface area contributed by atoms with Crippen LogP contribution < -0.4 is 10.1 Å². The van der Waals surface area contributed by atoms with E-state index in [1.54, 1.807) is 16.8 Å². The number of ether oxygens (including phenoxy) is 1. The molecule has 8 heteroatoms. The van der Waals surface area contributed by atoms with Gasteiger partial charge in [0.25, 0.3) is 0 Å². The molecule has 1 aromatic heterocycles. The Morgan fingerprint density at radius 2 is 2.19 bits per heavy atom. The minimum atomic E-state index is -0.281. The van der Waals surface area contributed by atoms with Crippen molar-refractivity contribution in [2.75, 3.05) is 11.9 Å². The van der Waals surface area contributed by atoms with Gasteiger partial charge in [0.15, 0.2) is 0 Å². The van der Waals surface area contributed by atoms with Crippen LogP contribution in [0.15, 0.2) is 47.2 Å². The summed E-state index contributed by atoms with van der Waals surface area (Å²) in [5.41, 5.74) is 1.55. The molecule has 2 atom stereocenters. The SMILES string of the molecule is CCOc1ccc([C@@H]2C[C@H](c3cc(Br)ccc3F)n3ncnc3N2)cc1Cl. The van der Waals surface area contributed by atoms with Crippen LogP contribution in [0.25, 0.3) is 0 Å². The molecule has 1 N–H and O–H groups in total. The monoisotopic (exact) mass is 450 g/mol. The zero-order valence-corrected chi connectivity index (χ0v) is 16.8. The standard InChI is InChI=1S/C19H17BrClFN4O/c1-2-27-18-6-3-11(7-14(18)21)16-9-17(26-19(25-16)23-10-24-26)13-8-12(20)4-5-15(13)22/h3-8,10,16-17H,2,9H2,1H3,(H,23,24,25)/t16-,17+/m0/s1. The van der Waals surface area contributed by atoms with Gasteiger partial charge in [-0.1, -0.05) is 33.6 Å². The van der Waals surface area contributed by atoms with E-state index in [9.17, 15) is 4.39 Å². The lowest BCUT2D eigenvalue weighted by molar-refractivity contribution is 0.340. The number of rotatable bonds is 4. The third kappa shape index (κ3) is 3.53. The summed E-state index contributed by atoms with van der Waals surface area (Å²) in [7, 11) is 0. The third-order valence-corrected chi connectivity index (χ3v) is 5.39. The molecule has 0 bridgehead atoms. The topological polar surface area (TPSA) is 52.0 Å². The van der Waals surface area contributed by atoms with Gasteiger partial charge in [0, 0.05) is 10.0 Å². The van der Waals surface area contributed by atoms with E-state index in [-0.39, 0.29) is 17.9 Å². The predicted molar refractivity (Wildman–Crippen MR) is 106 cm³/mol. The van der Waals surface area contributed by atoms with Gasteiger partial charge in [-0.2, -0.15) is 10.1 Å². The fraction of sp³-hybridized carbons (Fsp3) is 0.263. The molecule has 0 spiro atoms. The molecule has 3 aromatic rings. The molecule has 1 aliphatic heterocycles. The van der Waals surface area contributed by atoms with Crippen molar-refractivity contribution >= 4 is 33.5 Å². The van der Waals surface area contributed by atoms with Crippen molar-refractivity contribution in [3.63, 3.8) is 0 Å². The fourth-order valence-corrected chi connectivity index (χ4v) is 4.00. The lowest BCUT2D eigenvalue weighted by Crippen LogP contribution is -2.28. The minimum Gasteiger partial charge on any atom is -0.492 e. The van der Waals surface area contributed by atoms with Crippen molar-refractivity contribution in [1.82, 2.24) is 14.8 Å². The summed E-state index contributed by atoms with van der Waals surface area (Å²) in [5.74, 6) is 0.979. The highest BCUT2D eigenvalue weighted by Crippen LogP contribution is 2.40. The molecule has 5 nitrogen and oxygen atoms in total. The first kappa shape index (κ1) is 18.3. The van der Waals surface area contributed by atoms with Gasteiger partial charge in [-0.05, 0) is 49.2 Å². The van der Waals surface area contributed by atoms with E-state index in [0.29, 0.717) is 35.3 Å². The van der Waals surface area contributed by atoms with Crippen LogP contribution in [-0.4, -0.2) is 21.4 Å². The number of aromatic nitrogens is 3. The van der Waals surface area contributed by atoms with E-state index in [1.165, 1.54) is 12.4 Å². The number of nitrogens with zero attached hydrogens (tertiary/aromatic N) is 3. The molecule has 0 saturated heterocycles. The zero-order chi connectivity index (χ0) is 19.0. The Labute approximate surface area is 169 Å². The summed E-state index contributed by atoms with van der Waals surface area (Å²) in [6.07, 6.45) is 2.08. The van der Waals surface area contributed by atoms with Crippen molar-refractivity contribution in [1.29, 1.82) is 0 Å². The second-order valence-electron chi connectivity index (χ2n) is 6.27. The molecular weight excluding hydrogens is 435 g/mol. The van der Waals surface area contributed by atoms with Gasteiger partial charge in [-0.25, -0.2) is 9.07 Å². The van der Waals surface area contributed by atoms with Crippen molar-refractivity contribution in [2.45, 2.75) is 25.4 Å². The average Bonchev–Trinajstić information content (AvgIpc) is 3.13. The number of hydrogen-bond donors (Lipinski definition) is 1. The fourth-order valence-electron chi connectivity index (χ4n) is 3.37. The normalized spacial score (nSPS) is 18.7. The summed E-state index contributed by atoms with van der Waals surface area (Å²) in [6.45, 7) is 2.46. The number of benzene rings is 2. The Bertz CT molecular complexity index is 980. The van der Waals surface area contributed by atoms with Crippen molar-refractivity contribution in [2.24, 2.45) is 0 Å². The number of hydrogen-bond acceptors (Lipinski definition) is 4. The maximum Gasteiger partial charge on any atom is 0.222 e. The Morgan fingerprint density at radius 3 is 2.96 bits per heavy atom. The van der Waals surface area contributed by atoms with Gasteiger partial charge >= 0.3 is 0 Å². The molecule has 2 aromatic carbocycles. The minimum absolute atomic E-state index is 0.0849. The molecule has 0 radical (unpaired) electrons. The second kappa shape index (κ2) is 7.48. The van der Waals surface area contributed by atoms with E-state index < -0.39 is 0 Å². The highest BCUT2D eigenvalue weighted by Gasteiger charge is 2.31.